The fourth-order valence-corrected chi connectivity index (χ4v) is 8.81. The van der Waals surface area contributed by atoms with Gasteiger partial charge in [-0.2, -0.15) is 0 Å². The van der Waals surface area contributed by atoms with E-state index in [1.807, 2.05) is 30.3 Å². The molecule has 0 bridgehead atoms. The van der Waals surface area contributed by atoms with Gasteiger partial charge in [0.05, 0.1) is 33.1 Å². The highest BCUT2D eigenvalue weighted by Crippen LogP contribution is 2.46. The van der Waals surface area contributed by atoms with E-state index in [2.05, 4.69) is 173 Å². The Balaban J connectivity index is 1.23. The summed E-state index contributed by atoms with van der Waals surface area (Å²) < 4.78 is 11.5. The minimum atomic E-state index is 0.666. The number of benzene rings is 8. The van der Waals surface area contributed by atoms with Gasteiger partial charge in [-0.05, 0) is 54.1 Å². The van der Waals surface area contributed by atoms with Crippen molar-refractivity contribution in [3.63, 3.8) is 0 Å². The van der Waals surface area contributed by atoms with Crippen LogP contribution >= 0.6 is 0 Å². The summed E-state index contributed by atoms with van der Waals surface area (Å²) in [6, 6.07) is 68.3. The Kier molecular flexibility index (Phi) is 6.86. The van der Waals surface area contributed by atoms with Crippen molar-refractivity contribution < 1.29 is 4.42 Å². The Morgan fingerprint density at radius 1 is 0.404 bits per heavy atom. The van der Waals surface area contributed by atoms with Crippen LogP contribution in [0.25, 0.3) is 111 Å². The number of hydrogen-bond donors (Lipinski definition) is 0. The molecule has 0 saturated carbocycles. The second kappa shape index (κ2) is 12.4. The fourth-order valence-electron chi connectivity index (χ4n) is 8.81. The number of nitrogens with zero attached hydrogens (tertiary/aromatic N) is 4. The van der Waals surface area contributed by atoms with E-state index < -0.39 is 0 Å². The first-order valence-corrected chi connectivity index (χ1v) is 19.3. The molecule has 4 heterocycles. The molecule has 4 aromatic heterocycles. The molecular weight excluding hydrogens is 697 g/mol. The smallest absolute Gasteiger partial charge is 0.162 e. The van der Waals surface area contributed by atoms with E-state index in [1.54, 1.807) is 0 Å². The lowest BCUT2D eigenvalue weighted by atomic mass is 9.97. The summed E-state index contributed by atoms with van der Waals surface area (Å²) in [5.74, 6) is 1.45. The number of aromatic nitrogens is 4. The standard InChI is InChI=1S/C52H32N4O/c1-4-16-33(17-5-1)43-32-48(54-52(53-43)34-18-6-2-7-19-34)56-45-26-14-11-24-39(45)49-50(56)40(31-42-38-23-12-15-27-47(38)57-51(42)49)35-28-29-46-41(30-35)37-22-10-13-25-44(37)55(46)36-20-8-3-9-21-36/h1-32H. The number of hydrogen-bond acceptors (Lipinski definition) is 3. The first-order chi connectivity index (χ1) is 28.3. The molecule has 0 N–H and O–H groups in total. The van der Waals surface area contributed by atoms with Gasteiger partial charge in [0.1, 0.15) is 17.0 Å². The average molecular weight is 729 g/mol. The SMILES string of the molecule is c1ccc(-c2cc(-n3c4ccccc4c4c5oc6ccccc6c5cc(-c5ccc6c(c5)c5ccccc5n6-c5ccccc5)c43)nc(-c3ccccc3)n2)cc1. The maximum Gasteiger partial charge on any atom is 0.162 e. The highest BCUT2D eigenvalue weighted by Gasteiger charge is 2.25. The molecule has 5 heteroatoms. The summed E-state index contributed by atoms with van der Waals surface area (Å²) in [5.41, 5.74) is 12.3. The molecule has 0 fully saturated rings. The van der Waals surface area contributed by atoms with Crippen LogP contribution in [0.15, 0.2) is 199 Å². The number of fused-ring (bicyclic) bond motifs is 10. The molecular formula is C52H32N4O. The molecule has 12 aromatic rings. The third-order valence-electron chi connectivity index (χ3n) is 11.3. The summed E-state index contributed by atoms with van der Waals surface area (Å²) >= 11 is 0. The summed E-state index contributed by atoms with van der Waals surface area (Å²) in [5, 5.41) is 6.73. The molecule has 57 heavy (non-hydrogen) atoms. The Hall–Kier alpha value is -7.76. The third-order valence-corrected chi connectivity index (χ3v) is 11.3. The van der Waals surface area contributed by atoms with Gasteiger partial charge in [-0.15, -0.1) is 0 Å². The second-order valence-corrected chi connectivity index (χ2v) is 14.6. The van der Waals surface area contributed by atoms with Gasteiger partial charge >= 0.3 is 0 Å². The zero-order chi connectivity index (χ0) is 37.5. The van der Waals surface area contributed by atoms with E-state index in [9.17, 15) is 0 Å². The van der Waals surface area contributed by atoms with Crippen molar-refractivity contribution in [2.24, 2.45) is 0 Å². The van der Waals surface area contributed by atoms with E-state index in [0.29, 0.717) is 5.82 Å². The molecule has 0 aliphatic rings. The molecule has 0 spiro atoms. The Morgan fingerprint density at radius 2 is 1.02 bits per heavy atom. The molecule has 0 saturated heterocycles. The highest BCUT2D eigenvalue weighted by atomic mass is 16.3. The second-order valence-electron chi connectivity index (χ2n) is 14.6. The van der Waals surface area contributed by atoms with Crippen molar-refractivity contribution in [1.82, 2.24) is 19.1 Å². The van der Waals surface area contributed by atoms with Gasteiger partial charge in [-0.1, -0.05) is 140 Å². The zero-order valence-electron chi connectivity index (χ0n) is 30.7. The van der Waals surface area contributed by atoms with Crippen molar-refractivity contribution in [3.8, 4) is 45.3 Å². The Labute approximate surface area is 327 Å². The van der Waals surface area contributed by atoms with Crippen molar-refractivity contribution in [2.45, 2.75) is 0 Å². The van der Waals surface area contributed by atoms with Crippen LogP contribution in [0.1, 0.15) is 0 Å². The molecule has 0 atom stereocenters. The van der Waals surface area contributed by atoms with Gasteiger partial charge in [0, 0.05) is 55.4 Å². The maximum atomic E-state index is 6.83. The van der Waals surface area contributed by atoms with E-state index in [1.165, 1.54) is 16.3 Å². The summed E-state index contributed by atoms with van der Waals surface area (Å²) in [4.78, 5) is 10.5. The minimum absolute atomic E-state index is 0.666. The van der Waals surface area contributed by atoms with Crippen LogP contribution in [-0.2, 0) is 0 Å². The van der Waals surface area contributed by atoms with Gasteiger partial charge in [0.2, 0.25) is 0 Å². The molecule has 0 radical (unpaired) electrons. The van der Waals surface area contributed by atoms with Crippen LogP contribution in [0.5, 0.6) is 0 Å². The van der Waals surface area contributed by atoms with Crippen LogP contribution in [0, 0.1) is 0 Å². The maximum absolute atomic E-state index is 6.83. The predicted molar refractivity (Wildman–Crippen MR) is 234 cm³/mol. The number of para-hydroxylation sites is 4. The number of furan rings is 1. The molecule has 0 aliphatic heterocycles. The van der Waals surface area contributed by atoms with Gasteiger partial charge in [-0.3, -0.25) is 4.57 Å². The van der Waals surface area contributed by atoms with Crippen molar-refractivity contribution in [3.05, 3.63) is 194 Å². The van der Waals surface area contributed by atoms with Crippen LogP contribution < -0.4 is 0 Å². The van der Waals surface area contributed by atoms with Crippen LogP contribution in [0.3, 0.4) is 0 Å². The Bertz CT molecular complexity index is 3450. The average Bonchev–Trinajstić information content (AvgIpc) is 3.94. The topological polar surface area (TPSA) is 48.8 Å². The van der Waals surface area contributed by atoms with Gasteiger partial charge in [-0.25, -0.2) is 9.97 Å². The van der Waals surface area contributed by atoms with Crippen molar-refractivity contribution in [1.29, 1.82) is 0 Å². The third kappa shape index (κ3) is 4.82. The Morgan fingerprint density at radius 3 is 1.79 bits per heavy atom. The quantitative estimate of drug-likeness (QED) is 0.177. The molecule has 0 amide bonds. The van der Waals surface area contributed by atoms with Gasteiger partial charge < -0.3 is 8.98 Å². The lowest BCUT2D eigenvalue weighted by Gasteiger charge is -2.14. The summed E-state index contributed by atoms with van der Waals surface area (Å²) in [7, 11) is 0. The molecule has 0 unspecified atom stereocenters. The first-order valence-electron chi connectivity index (χ1n) is 19.3. The molecule has 0 aliphatic carbocycles. The number of rotatable bonds is 5. The monoisotopic (exact) mass is 728 g/mol. The minimum Gasteiger partial charge on any atom is -0.455 e. The van der Waals surface area contributed by atoms with E-state index in [4.69, 9.17) is 14.4 Å². The van der Waals surface area contributed by atoms with Crippen LogP contribution in [0.2, 0.25) is 0 Å². The largest absolute Gasteiger partial charge is 0.455 e. The van der Waals surface area contributed by atoms with Crippen molar-refractivity contribution in [2.75, 3.05) is 0 Å². The van der Waals surface area contributed by atoms with Crippen molar-refractivity contribution >= 4 is 65.6 Å². The summed E-state index contributed by atoms with van der Waals surface area (Å²) in [6.45, 7) is 0. The lowest BCUT2D eigenvalue weighted by Crippen LogP contribution is -2.03. The zero-order valence-corrected chi connectivity index (χ0v) is 30.7. The molecule has 12 rings (SSSR count). The van der Waals surface area contributed by atoms with Gasteiger partial charge in [0.15, 0.2) is 5.82 Å². The fraction of sp³-hybridized carbons (Fsp3) is 0. The highest BCUT2D eigenvalue weighted by molar-refractivity contribution is 6.27. The molecule has 8 aromatic carbocycles. The van der Waals surface area contributed by atoms with Crippen LogP contribution in [-0.4, -0.2) is 19.1 Å². The summed E-state index contributed by atoms with van der Waals surface area (Å²) in [6.07, 6.45) is 0. The first kappa shape index (κ1) is 31.6. The van der Waals surface area contributed by atoms with Crippen LogP contribution in [0.4, 0.5) is 0 Å². The molecule has 5 nitrogen and oxygen atoms in total. The van der Waals surface area contributed by atoms with E-state index in [-0.39, 0.29) is 0 Å². The lowest BCUT2D eigenvalue weighted by molar-refractivity contribution is 0.673. The van der Waals surface area contributed by atoms with Gasteiger partial charge in [0.25, 0.3) is 0 Å². The normalized spacial score (nSPS) is 11.9. The molecule has 266 valence electrons. The predicted octanol–water partition coefficient (Wildman–Crippen LogP) is 13.6. The van der Waals surface area contributed by atoms with E-state index in [0.717, 1.165) is 88.7 Å². The van der Waals surface area contributed by atoms with E-state index >= 15 is 0 Å².